The highest BCUT2D eigenvalue weighted by Crippen LogP contribution is 2.40. The molecule has 0 bridgehead atoms. The van der Waals surface area contributed by atoms with Crippen molar-refractivity contribution in [3.8, 4) is 0 Å². The third-order valence-corrected chi connectivity index (χ3v) is 5.08. The fraction of sp³-hybridized carbons (Fsp3) is 0.360. The number of rotatable bonds is 6. The summed E-state index contributed by atoms with van der Waals surface area (Å²) in [5, 5.41) is 2.82. The minimum absolute atomic E-state index is 0.143. The summed E-state index contributed by atoms with van der Waals surface area (Å²) in [5.74, 6) is -0.143. The van der Waals surface area contributed by atoms with Crippen molar-refractivity contribution in [2.75, 3.05) is 5.32 Å². The van der Waals surface area contributed by atoms with Crippen molar-refractivity contribution in [3.05, 3.63) is 83.3 Å². The van der Waals surface area contributed by atoms with E-state index in [1.807, 2.05) is 19.1 Å². The molecule has 0 aliphatic heterocycles. The van der Waals surface area contributed by atoms with Gasteiger partial charge in [-0.25, -0.2) is 0 Å². The fourth-order valence-electron chi connectivity index (χ4n) is 3.50. The Morgan fingerprint density at radius 1 is 1.14 bits per heavy atom. The Morgan fingerprint density at radius 3 is 2.54 bits per heavy atom. The molecule has 0 spiro atoms. The number of carbonyl (C=O) groups excluding carboxylic acids is 1. The van der Waals surface area contributed by atoms with Gasteiger partial charge in [0.15, 0.2) is 0 Å². The van der Waals surface area contributed by atoms with Gasteiger partial charge in [-0.1, -0.05) is 55.4 Å². The van der Waals surface area contributed by atoms with Gasteiger partial charge in [0.25, 0.3) is 0 Å². The lowest BCUT2D eigenvalue weighted by Gasteiger charge is -2.32. The van der Waals surface area contributed by atoms with Gasteiger partial charge in [-0.2, -0.15) is 0 Å². The molecule has 0 atom stereocenters. The Labute approximate surface area is 169 Å². The summed E-state index contributed by atoms with van der Waals surface area (Å²) in [4.78, 5) is 16.0. The molecule has 0 fully saturated rings. The van der Waals surface area contributed by atoms with Crippen LogP contribution in [-0.4, -0.2) is 10.9 Å². The van der Waals surface area contributed by atoms with Crippen LogP contribution in [0, 0.1) is 5.41 Å². The van der Waals surface area contributed by atoms with E-state index in [1.54, 1.807) is 30.6 Å². The standard InChI is InChI=1S/C25H32N2O/c1-19(11-12-23-21(3)10-7-15-25(23,4)5)8-6-9-20(2)18-24(28)27-22-13-16-26-17-14-22/h6,8-9,11-14,16-18H,7,10,15H2,1-5H3,(H,26,27,28)/b9-6+,12-11+,19-8+,20-18+. The van der Waals surface area contributed by atoms with Crippen molar-refractivity contribution < 1.29 is 4.79 Å². The zero-order chi connectivity index (χ0) is 20.6. The molecule has 3 heteroatoms. The average Bonchev–Trinajstić information content (AvgIpc) is 2.61. The van der Waals surface area contributed by atoms with E-state index >= 15 is 0 Å². The highest BCUT2D eigenvalue weighted by molar-refractivity contribution is 5.99. The molecule has 2 rings (SSSR count). The molecule has 1 N–H and O–H groups in total. The smallest absolute Gasteiger partial charge is 0.248 e. The van der Waals surface area contributed by atoms with Gasteiger partial charge < -0.3 is 5.32 Å². The zero-order valence-electron chi connectivity index (χ0n) is 17.8. The van der Waals surface area contributed by atoms with Gasteiger partial charge >= 0.3 is 0 Å². The lowest BCUT2D eigenvalue weighted by molar-refractivity contribution is -0.111. The molecule has 0 saturated heterocycles. The van der Waals surface area contributed by atoms with Crippen molar-refractivity contribution in [1.82, 2.24) is 4.98 Å². The van der Waals surface area contributed by atoms with Crippen LogP contribution in [-0.2, 0) is 4.79 Å². The quantitative estimate of drug-likeness (QED) is 0.452. The normalized spacial score (nSPS) is 18.2. The van der Waals surface area contributed by atoms with Crippen LogP contribution in [0.25, 0.3) is 0 Å². The average molecular weight is 377 g/mol. The maximum absolute atomic E-state index is 12.0. The summed E-state index contributed by atoms with van der Waals surface area (Å²) in [6.07, 6.45) is 19.1. The monoisotopic (exact) mass is 376 g/mol. The molecule has 0 aromatic carbocycles. The zero-order valence-corrected chi connectivity index (χ0v) is 17.8. The molecule has 1 aliphatic rings. The minimum atomic E-state index is -0.143. The van der Waals surface area contributed by atoms with Crippen LogP contribution in [0.1, 0.15) is 53.9 Å². The van der Waals surface area contributed by atoms with E-state index in [4.69, 9.17) is 0 Å². The predicted octanol–water partition coefficient (Wildman–Crippen LogP) is 6.55. The first-order valence-corrected chi connectivity index (χ1v) is 9.90. The van der Waals surface area contributed by atoms with E-state index in [0.717, 1.165) is 11.3 Å². The van der Waals surface area contributed by atoms with Crippen LogP contribution in [0.15, 0.2) is 83.3 Å². The van der Waals surface area contributed by atoms with Crippen LogP contribution in [0.4, 0.5) is 5.69 Å². The first-order valence-electron chi connectivity index (χ1n) is 9.90. The maximum atomic E-state index is 12.0. The Hall–Kier alpha value is -2.68. The van der Waals surface area contributed by atoms with E-state index in [-0.39, 0.29) is 11.3 Å². The maximum Gasteiger partial charge on any atom is 0.248 e. The molecule has 0 unspecified atom stereocenters. The number of allylic oxidation sites excluding steroid dienone is 9. The molecule has 1 amide bonds. The van der Waals surface area contributed by atoms with Crippen LogP contribution in [0.3, 0.4) is 0 Å². The van der Waals surface area contributed by atoms with Gasteiger partial charge in [0.05, 0.1) is 0 Å². The topological polar surface area (TPSA) is 42.0 Å². The molecule has 1 heterocycles. The number of nitrogens with one attached hydrogen (secondary N) is 1. The molecule has 3 nitrogen and oxygen atoms in total. The van der Waals surface area contributed by atoms with Gasteiger partial charge in [0.1, 0.15) is 0 Å². The number of anilines is 1. The Morgan fingerprint density at radius 2 is 1.86 bits per heavy atom. The molecule has 148 valence electrons. The number of aromatic nitrogens is 1. The Balaban J connectivity index is 1.96. The van der Waals surface area contributed by atoms with Crippen molar-refractivity contribution >= 4 is 11.6 Å². The second-order valence-corrected chi connectivity index (χ2v) is 8.15. The molecule has 1 aliphatic carbocycles. The van der Waals surface area contributed by atoms with E-state index in [0.29, 0.717) is 0 Å². The number of amides is 1. The van der Waals surface area contributed by atoms with E-state index in [2.05, 4.69) is 56.2 Å². The summed E-state index contributed by atoms with van der Waals surface area (Å²) >= 11 is 0. The predicted molar refractivity (Wildman–Crippen MR) is 119 cm³/mol. The van der Waals surface area contributed by atoms with Gasteiger partial charge in [-0.15, -0.1) is 0 Å². The van der Waals surface area contributed by atoms with Crippen LogP contribution >= 0.6 is 0 Å². The molecular formula is C25H32N2O. The first-order chi connectivity index (χ1) is 13.3. The number of nitrogens with zero attached hydrogens (tertiary/aromatic N) is 1. The summed E-state index contributed by atoms with van der Waals surface area (Å²) < 4.78 is 0. The third kappa shape index (κ3) is 6.80. The van der Waals surface area contributed by atoms with Crippen molar-refractivity contribution in [2.45, 2.75) is 53.9 Å². The molecule has 0 radical (unpaired) electrons. The highest BCUT2D eigenvalue weighted by Gasteiger charge is 2.26. The summed E-state index contributed by atoms with van der Waals surface area (Å²) in [6, 6.07) is 3.53. The van der Waals surface area contributed by atoms with Crippen molar-refractivity contribution in [3.63, 3.8) is 0 Å². The largest absolute Gasteiger partial charge is 0.322 e. The van der Waals surface area contributed by atoms with Crippen molar-refractivity contribution in [2.24, 2.45) is 5.41 Å². The van der Waals surface area contributed by atoms with E-state index in [1.165, 1.54) is 36.0 Å². The van der Waals surface area contributed by atoms with Gasteiger partial charge in [-0.3, -0.25) is 9.78 Å². The second-order valence-electron chi connectivity index (χ2n) is 8.15. The van der Waals surface area contributed by atoms with Crippen LogP contribution < -0.4 is 5.32 Å². The highest BCUT2D eigenvalue weighted by atomic mass is 16.1. The van der Waals surface area contributed by atoms with Gasteiger partial charge in [0.2, 0.25) is 5.91 Å². The van der Waals surface area contributed by atoms with Crippen LogP contribution in [0.2, 0.25) is 0 Å². The fourth-order valence-corrected chi connectivity index (χ4v) is 3.50. The molecule has 28 heavy (non-hydrogen) atoms. The summed E-state index contributed by atoms with van der Waals surface area (Å²) in [5.41, 5.74) is 6.06. The van der Waals surface area contributed by atoms with Gasteiger partial charge in [-0.05, 0) is 68.7 Å². The minimum Gasteiger partial charge on any atom is -0.322 e. The van der Waals surface area contributed by atoms with Crippen molar-refractivity contribution in [1.29, 1.82) is 0 Å². The number of hydrogen-bond acceptors (Lipinski definition) is 2. The number of hydrogen-bond donors (Lipinski definition) is 1. The first kappa shape index (κ1) is 21.6. The van der Waals surface area contributed by atoms with E-state index < -0.39 is 0 Å². The van der Waals surface area contributed by atoms with Gasteiger partial charge in [0, 0.05) is 24.2 Å². The molecular weight excluding hydrogens is 344 g/mol. The Kier molecular flexibility index (Phi) is 7.74. The number of carbonyl (C=O) groups is 1. The van der Waals surface area contributed by atoms with Crippen LogP contribution in [0.5, 0.6) is 0 Å². The Bertz CT molecular complexity index is 837. The summed E-state index contributed by atoms with van der Waals surface area (Å²) in [6.45, 7) is 10.9. The lowest BCUT2D eigenvalue weighted by atomic mass is 9.72. The molecule has 1 aromatic rings. The SMILES string of the molecule is CC1=C(/C=C/C(C)=C/C=C/C(C)=C/C(=O)Nc2ccncc2)C(C)(C)CCC1. The molecule has 0 saturated carbocycles. The summed E-state index contributed by atoms with van der Waals surface area (Å²) in [7, 11) is 0. The van der Waals surface area contributed by atoms with E-state index in [9.17, 15) is 4.79 Å². The second kappa shape index (κ2) is 10.0. The number of pyridine rings is 1. The third-order valence-electron chi connectivity index (χ3n) is 5.08. The molecule has 1 aromatic heterocycles. The lowest BCUT2D eigenvalue weighted by Crippen LogP contribution is -2.19.